The Morgan fingerprint density at radius 2 is 1.64 bits per heavy atom. The van der Waals surface area contributed by atoms with Gasteiger partial charge in [0, 0.05) is 26.3 Å². The van der Waals surface area contributed by atoms with Gasteiger partial charge in [0.15, 0.2) is 0 Å². The second-order valence-electron chi connectivity index (χ2n) is 9.63. The number of likely N-dealkylation sites (tertiary alicyclic amines) is 1. The van der Waals surface area contributed by atoms with Gasteiger partial charge >= 0.3 is 24.3 Å². The van der Waals surface area contributed by atoms with Gasteiger partial charge in [-0.3, -0.25) is 9.78 Å². The Morgan fingerprint density at radius 3 is 2.10 bits per heavy atom. The number of ether oxygens (including phenoxy) is 1. The first-order valence-corrected chi connectivity index (χ1v) is 12.2. The molecular weight excluding hydrogens is 540 g/mol. The van der Waals surface area contributed by atoms with Crippen LogP contribution in [0.5, 0.6) is 0 Å². The van der Waals surface area contributed by atoms with E-state index in [0.29, 0.717) is 12.5 Å². The summed E-state index contributed by atoms with van der Waals surface area (Å²) in [7, 11) is 1.85. The van der Waals surface area contributed by atoms with E-state index in [1.807, 2.05) is 25.2 Å². The van der Waals surface area contributed by atoms with E-state index in [1.54, 1.807) is 11.1 Å². The van der Waals surface area contributed by atoms with Crippen LogP contribution < -0.4 is 0 Å². The topological polar surface area (TPSA) is 120 Å². The van der Waals surface area contributed by atoms with E-state index in [2.05, 4.69) is 9.88 Å². The zero-order chi connectivity index (χ0) is 29.4. The van der Waals surface area contributed by atoms with E-state index in [1.165, 1.54) is 38.8 Å². The quantitative estimate of drug-likeness (QED) is 0.515. The number of aliphatic carboxylic acids is 2. The number of nitrogens with zero attached hydrogens (tertiary/aromatic N) is 3. The molecule has 220 valence electrons. The van der Waals surface area contributed by atoms with Gasteiger partial charge in [0.1, 0.15) is 6.10 Å². The summed E-state index contributed by atoms with van der Waals surface area (Å²) in [6.07, 6.45) is -2.18. The van der Waals surface area contributed by atoms with Crippen molar-refractivity contribution in [3.8, 4) is 0 Å². The smallest absolute Gasteiger partial charge is 0.475 e. The number of amides is 1. The van der Waals surface area contributed by atoms with Crippen molar-refractivity contribution in [2.75, 3.05) is 26.7 Å². The number of alkyl halides is 6. The largest absolute Gasteiger partial charge is 0.490 e. The van der Waals surface area contributed by atoms with Crippen LogP contribution in [0.2, 0.25) is 0 Å². The molecule has 0 spiro atoms. The Labute approximate surface area is 220 Å². The van der Waals surface area contributed by atoms with Crippen LogP contribution in [0.15, 0.2) is 24.4 Å². The van der Waals surface area contributed by atoms with Crippen LogP contribution in [0.1, 0.15) is 37.8 Å². The lowest BCUT2D eigenvalue weighted by Crippen LogP contribution is -2.45. The Balaban J connectivity index is 0.000000317. The number of rotatable bonds is 5. The number of carboxylic acid groups (broad SMARTS) is 2. The van der Waals surface area contributed by atoms with E-state index in [0.717, 1.165) is 24.6 Å². The molecule has 1 aromatic rings. The normalized spacial score (nSPS) is 23.2. The number of halogens is 6. The van der Waals surface area contributed by atoms with Crippen LogP contribution in [-0.2, 0) is 25.7 Å². The van der Waals surface area contributed by atoms with Gasteiger partial charge in [-0.25, -0.2) is 9.59 Å². The molecule has 1 aromatic heterocycles. The summed E-state index contributed by atoms with van der Waals surface area (Å²) < 4.78 is 69.7. The van der Waals surface area contributed by atoms with Gasteiger partial charge in [0.2, 0.25) is 0 Å². The summed E-state index contributed by atoms with van der Waals surface area (Å²) in [6, 6.07) is 5.81. The fourth-order valence-corrected chi connectivity index (χ4v) is 4.42. The van der Waals surface area contributed by atoms with Gasteiger partial charge in [-0.1, -0.05) is 12.5 Å². The van der Waals surface area contributed by atoms with Crippen molar-refractivity contribution in [2.45, 2.75) is 63.2 Å². The molecule has 0 radical (unpaired) electrons. The van der Waals surface area contributed by atoms with Crippen LogP contribution in [0.3, 0.4) is 0 Å². The molecule has 3 heterocycles. The van der Waals surface area contributed by atoms with Crippen molar-refractivity contribution in [1.29, 1.82) is 0 Å². The predicted octanol–water partition coefficient (Wildman–Crippen LogP) is 3.59. The third-order valence-corrected chi connectivity index (χ3v) is 6.64. The molecule has 1 amide bonds. The first-order chi connectivity index (χ1) is 18.1. The zero-order valence-corrected chi connectivity index (χ0v) is 21.1. The summed E-state index contributed by atoms with van der Waals surface area (Å²) in [4.78, 5) is 39.2. The molecule has 15 heteroatoms. The van der Waals surface area contributed by atoms with Crippen molar-refractivity contribution in [2.24, 2.45) is 11.8 Å². The number of hydrogen-bond acceptors (Lipinski definition) is 6. The maximum Gasteiger partial charge on any atom is 0.490 e. The average Bonchev–Trinajstić information content (AvgIpc) is 3.24. The second kappa shape index (κ2) is 13.9. The fourth-order valence-electron chi connectivity index (χ4n) is 4.42. The molecule has 9 nitrogen and oxygen atoms in total. The maximum atomic E-state index is 12.8. The highest BCUT2D eigenvalue weighted by atomic mass is 19.4. The summed E-state index contributed by atoms with van der Waals surface area (Å²) in [5, 5.41) is 14.2. The minimum Gasteiger partial charge on any atom is -0.475 e. The van der Waals surface area contributed by atoms with Gasteiger partial charge in [-0.15, -0.1) is 0 Å². The number of hydrogen-bond donors (Lipinski definition) is 2. The van der Waals surface area contributed by atoms with E-state index in [4.69, 9.17) is 24.5 Å². The molecule has 1 aliphatic carbocycles. The zero-order valence-electron chi connectivity index (χ0n) is 21.1. The molecule has 0 aromatic carbocycles. The molecule has 2 N–H and O–H groups in total. The second-order valence-corrected chi connectivity index (χ2v) is 9.63. The highest BCUT2D eigenvalue weighted by Gasteiger charge is 2.43. The first kappa shape index (κ1) is 32.3. The molecule has 39 heavy (non-hydrogen) atoms. The summed E-state index contributed by atoms with van der Waals surface area (Å²) in [5.74, 6) is -3.96. The molecule has 1 saturated carbocycles. The van der Waals surface area contributed by atoms with Gasteiger partial charge in [0.05, 0.1) is 18.3 Å². The molecule has 4 rings (SSSR count). The molecule has 3 aliphatic rings. The van der Waals surface area contributed by atoms with Crippen molar-refractivity contribution in [3.05, 3.63) is 30.1 Å². The number of carboxylic acids is 2. The van der Waals surface area contributed by atoms with Crippen molar-refractivity contribution in [3.63, 3.8) is 0 Å². The average molecular weight is 572 g/mol. The van der Waals surface area contributed by atoms with E-state index >= 15 is 0 Å². The van der Waals surface area contributed by atoms with Crippen molar-refractivity contribution < 1.29 is 55.7 Å². The van der Waals surface area contributed by atoms with Crippen LogP contribution >= 0.6 is 0 Å². The third kappa shape index (κ3) is 10.6. The van der Waals surface area contributed by atoms with E-state index in [-0.39, 0.29) is 18.1 Å². The third-order valence-electron chi connectivity index (χ3n) is 6.64. The molecular formula is C24H31F6N3O6. The summed E-state index contributed by atoms with van der Waals surface area (Å²) in [6.45, 7) is 3.95. The van der Waals surface area contributed by atoms with Crippen LogP contribution in [-0.4, -0.2) is 94.1 Å². The lowest BCUT2D eigenvalue weighted by atomic mass is 9.84. The monoisotopic (exact) mass is 571 g/mol. The number of carbonyl (C=O) groups is 3. The Kier molecular flexibility index (Phi) is 11.5. The highest BCUT2D eigenvalue weighted by Crippen LogP contribution is 2.35. The van der Waals surface area contributed by atoms with Crippen LogP contribution in [0, 0.1) is 11.8 Å². The number of pyridine rings is 1. The number of likely N-dealkylation sites (N-methyl/N-ethyl adjacent to an activating group) is 1. The van der Waals surface area contributed by atoms with E-state index < -0.39 is 24.3 Å². The fraction of sp³-hybridized carbons (Fsp3) is 0.667. The minimum absolute atomic E-state index is 0.102. The molecule has 0 bridgehead atoms. The summed E-state index contributed by atoms with van der Waals surface area (Å²) in [5.41, 5.74) is 0.917. The van der Waals surface area contributed by atoms with Crippen molar-refractivity contribution in [1.82, 2.24) is 14.8 Å². The standard InChI is InChI=1S/C20H29N3O2.2C2HF3O2/c1-22(13-17-7-2-3-9-21-17)20(24)18-11-16-8-10-23(14-19(16)25-18)12-15-5-4-6-15;2*3-2(4,5)1(6)7/h2-3,7,9,15-16,18-19H,4-6,8,10-14H2,1H3;2*(H,6,7)/t16-,18-,19-;;/m0../s1. The van der Waals surface area contributed by atoms with Gasteiger partial charge in [-0.05, 0) is 56.2 Å². The lowest BCUT2D eigenvalue weighted by molar-refractivity contribution is -0.193. The van der Waals surface area contributed by atoms with Gasteiger partial charge in [0.25, 0.3) is 5.91 Å². The molecule has 2 saturated heterocycles. The summed E-state index contributed by atoms with van der Waals surface area (Å²) >= 11 is 0. The molecule has 3 atom stereocenters. The van der Waals surface area contributed by atoms with E-state index in [9.17, 15) is 31.1 Å². The minimum atomic E-state index is -5.08. The first-order valence-electron chi connectivity index (χ1n) is 12.2. The lowest BCUT2D eigenvalue weighted by Gasteiger charge is -2.38. The number of aromatic nitrogens is 1. The maximum absolute atomic E-state index is 12.8. The predicted molar refractivity (Wildman–Crippen MR) is 123 cm³/mol. The molecule has 0 unspecified atom stereocenters. The molecule has 3 fully saturated rings. The van der Waals surface area contributed by atoms with Gasteiger partial charge in [-0.2, -0.15) is 26.3 Å². The molecule has 2 aliphatic heterocycles. The Hall–Kier alpha value is -2.94. The number of carbonyl (C=O) groups excluding carboxylic acids is 1. The number of piperidine rings is 1. The van der Waals surface area contributed by atoms with Crippen molar-refractivity contribution >= 4 is 17.8 Å². The van der Waals surface area contributed by atoms with Gasteiger partial charge < -0.3 is 24.7 Å². The Morgan fingerprint density at radius 1 is 1.05 bits per heavy atom. The SMILES string of the molecule is CN(Cc1ccccn1)C(=O)[C@@H]1C[C@@H]2CCN(CC3CCC3)C[C@@H]2O1.O=C(O)C(F)(F)F.O=C(O)C(F)(F)F. The highest BCUT2D eigenvalue weighted by molar-refractivity contribution is 5.81. The number of fused-ring (bicyclic) bond motifs is 1. The van der Waals surface area contributed by atoms with Crippen LogP contribution in [0.4, 0.5) is 26.3 Å². The van der Waals surface area contributed by atoms with Crippen LogP contribution in [0.25, 0.3) is 0 Å². The Bertz CT molecular complexity index is 934.